The summed E-state index contributed by atoms with van der Waals surface area (Å²) in [5, 5.41) is 0. The second kappa shape index (κ2) is 4.90. The van der Waals surface area contributed by atoms with Crippen molar-refractivity contribution in [3.63, 3.8) is 0 Å². The van der Waals surface area contributed by atoms with E-state index < -0.39 is 0 Å². The third kappa shape index (κ3) is 2.29. The Labute approximate surface area is 106 Å². The lowest BCUT2D eigenvalue weighted by Gasteiger charge is -2.18. The van der Waals surface area contributed by atoms with Gasteiger partial charge in [-0.3, -0.25) is 0 Å². The zero-order valence-electron chi connectivity index (χ0n) is 10.9. The number of imidazole rings is 1. The monoisotopic (exact) mass is 247 g/mol. The molecule has 0 saturated carbocycles. The highest BCUT2D eigenvalue weighted by molar-refractivity contribution is 5.38. The van der Waals surface area contributed by atoms with E-state index in [1.165, 1.54) is 6.07 Å². The maximum atomic E-state index is 13.3. The van der Waals surface area contributed by atoms with Gasteiger partial charge in [0.15, 0.2) is 0 Å². The summed E-state index contributed by atoms with van der Waals surface area (Å²) in [5.41, 5.74) is 8.60. The third-order valence-corrected chi connectivity index (χ3v) is 3.15. The largest absolute Gasteiger partial charge is 0.322 e. The van der Waals surface area contributed by atoms with E-state index in [4.69, 9.17) is 5.73 Å². The lowest BCUT2D eigenvalue weighted by molar-refractivity contribution is 0.497. The zero-order valence-corrected chi connectivity index (χ0v) is 10.9. The normalized spacial score (nSPS) is 13.0. The highest BCUT2D eigenvalue weighted by Crippen LogP contribution is 2.22. The van der Waals surface area contributed by atoms with Crippen LogP contribution in [0.2, 0.25) is 0 Å². The fraction of sp³-hybridized carbons (Fsp3) is 0.357. The Kier molecular flexibility index (Phi) is 3.48. The molecule has 2 aromatic rings. The molecule has 2 N–H and O–H groups in total. The summed E-state index contributed by atoms with van der Waals surface area (Å²) >= 11 is 0. The first-order valence-electron chi connectivity index (χ1n) is 6.05. The fourth-order valence-electron chi connectivity index (χ4n) is 1.89. The number of rotatable bonds is 3. The Morgan fingerprint density at radius 3 is 2.67 bits per heavy atom. The molecule has 4 heteroatoms. The number of nitrogens with two attached hydrogens (primary N) is 1. The number of nitrogens with zero attached hydrogens (tertiary/aromatic N) is 2. The van der Waals surface area contributed by atoms with Gasteiger partial charge in [0.2, 0.25) is 0 Å². The smallest absolute Gasteiger partial charge is 0.126 e. The summed E-state index contributed by atoms with van der Waals surface area (Å²) in [6.07, 6.45) is 3.48. The summed E-state index contributed by atoms with van der Waals surface area (Å²) < 4.78 is 15.2. The number of benzene rings is 1. The van der Waals surface area contributed by atoms with Crippen LogP contribution in [-0.2, 0) is 0 Å². The van der Waals surface area contributed by atoms with Crippen LogP contribution in [0.25, 0.3) is 5.69 Å². The Morgan fingerprint density at radius 1 is 1.33 bits per heavy atom. The van der Waals surface area contributed by atoms with Gasteiger partial charge in [0.05, 0.1) is 18.2 Å². The predicted octanol–water partition coefficient (Wildman–Crippen LogP) is 2.98. The minimum atomic E-state index is -0.200. The molecule has 1 unspecified atom stereocenters. The highest BCUT2D eigenvalue weighted by Gasteiger charge is 2.16. The van der Waals surface area contributed by atoms with Crippen LogP contribution in [0.5, 0.6) is 0 Å². The number of aryl methyl sites for hydroxylation is 1. The topological polar surface area (TPSA) is 43.8 Å². The van der Waals surface area contributed by atoms with Crippen molar-refractivity contribution in [2.24, 2.45) is 11.7 Å². The number of hydrogen-bond donors (Lipinski definition) is 1. The molecule has 96 valence electrons. The van der Waals surface area contributed by atoms with E-state index in [2.05, 4.69) is 18.8 Å². The van der Waals surface area contributed by atoms with Gasteiger partial charge in [0.25, 0.3) is 0 Å². The van der Waals surface area contributed by atoms with Gasteiger partial charge >= 0.3 is 0 Å². The molecule has 2 rings (SSSR count). The number of hydrogen-bond acceptors (Lipinski definition) is 2. The lowest BCUT2D eigenvalue weighted by Crippen LogP contribution is -2.19. The van der Waals surface area contributed by atoms with Gasteiger partial charge in [-0.1, -0.05) is 13.8 Å². The van der Waals surface area contributed by atoms with Crippen molar-refractivity contribution < 1.29 is 4.39 Å². The van der Waals surface area contributed by atoms with Crippen LogP contribution < -0.4 is 5.73 Å². The Morgan fingerprint density at radius 2 is 2.06 bits per heavy atom. The molecule has 18 heavy (non-hydrogen) atoms. The Balaban J connectivity index is 2.45. The van der Waals surface area contributed by atoms with Crippen molar-refractivity contribution in [1.82, 2.24) is 9.55 Å². The van der Waals surface area contributed by atoms with Crippen LogP contribution in [0.3, 0.4) is 0 Å². The summed E-state index contributed by atoms with van der Waals surface area (Å²) in [6, 6.07) is 4.92. The van der Waals surface area contributed by atoms with E-state index in [0.717, 1.165) is 11.4 Å². The maximum absolute atomic E-state index is 13.3. The molecule has 0 fully saturated rings. The molecule has 1 aromatic carbocycles. The summed E-state index contributed by atoms with van der Waals surface area (Å²) in [4.78, 5) is 4.14. The average Bonchev–Trinajstić information content (AvgIpc) is 2.80. The maximum Gasteiger partial charge on any atom is 0.126 e. The first-order valence-corrected chi connectivity index (χ1v) is 6.05. The minimum Gasteiger partial charge on any atom is -0.322 e. The molecule has 0 aliphatic carbocycles. The standard InChI is InChI=1S/C14H18FN3/c1-9(2)14(16)13-7-17-8-18(13)11-4-5-12(15)10(3)6-11/h4-9,14H,16H2,1-3H3. The molecule has 3 nitrogen and oxygen atoms in total. The van der Waals surface area contributed by atoms with Crippen LogP contribution in [0.15, 0.2) is 30.7 Å². The van der Waals surface area contributed by atoms with E-state index in [1.807, 2.05) is 4.57 Å². The predicted molar refractivity (Wildman–Crippen MR) is 70.0 cm³/mol. The highest BCUT2D eigenvalue weighted by atomic mass is 19.1. The zero-order chi connectivity index (χ0) is 13.3. The van der Waals surface area contributed by atoms with Crippen molar-refractivity contribution in [2.75, 3.05) is 0 Å². The van der Waals surface area contributed by atoms with Gasteiger partial charge in [-0.15, -0.1) is 0 Å². The van der Waals surface area contributed by atoms with Crippen molar-refractivity contribution in [3.8, 4) is 5.69 Å². The lowest BCUT2D eigenvalue weighted by atomic mass is 10.0. The molecule has 0 aliphatic heterocycles. The van der Waals surface area contributed by atoms with Crippen molar-refractivity contribution in [1.29, 1.82) is 0 Å². The molecule has 0 bridgehead atoms. The molecule has 0 saturated heterocycles. The van der Waals surface area contributed by atoms with Gasteiger partial charge in [-0.25, -0.2) is 9.37 Å². The van der Waals surface area contributed by atoms with Crippen molar-refractivity contribution in [3.05, 3.63) is 47.8 Å². The summed E-state index contributed by atoms with van der Waals surface area (Å²) in [7, 11) is 0. The molecular formula is C14H18FN3. The van der Waals surface area contributed by atoms with Gasteiger partial charge < -0.3 is 10.3 Å². The van der Waals surface area contributed by atoms with Gasteiger partial charge in [0, 0.05) is 11.7 Å². The van der Waals surface area contributed by atoms with Crippen LogP contribution in [-0.4, -0.2) is 9.55 Å². The van der Waals surface area contributed by atoms with Crippen LogP contribution in [0.1, 0.15) is 31.1 Å². The van der Waals surface area contributed by atoms with E-state index in [-0.39, 0.29) is 11.9 Å². The van der Waals surface area contributed by atoms with Crippen molar-refractivity contribution >= 4 is 0 Å². The molecule has 1 atom stereocenters. The Hall–Kier alpha value is -1.68. The SMILES string of the molecule is Cc1cc(-n2cncc2C(N)C(C)C)ccc1F. The average molecular weight is 247 g/mol. The molecule has 1 aromatic heterocycles. The molecule has 0 aliphatic rings. The van der Waals surface area contributed by atoms with E-state index in [9.17, 15) is 4.39 Å². The van der Waals surface area contributed by atoms with Gasteiger partial charge in [-0.05, 0) is 36.6 Å². The van der Waals surface area contributed by atoms with Gasteiger partial charge in [-0.2, -0.15) is 0 Å². The van der Waals surface area contributed by atoms with Crippen LogP contribution >= 0.6 is 0 Å². The molecule has 0 amide bonds. The molecule has 1 heterocycles. The Bertz CT molecular complexity index is 546. The molecular weight excluding hydrogens is 229 g/mol. The quantitative estimate of drug-likeness (QED) is 0.906. The van der Waals surface area contributed by atoms with Crippen molar-refractivity contribution in [2.45, 2.75) is 26.8 Å². The minimum absolute atomic E-state index is 0.0853. The molecule has 0 spiro atoms. The first kappa shape index (κ1) is 12.8. The summed E-state index contributed by atoms with van der Waals surface area (Å²) in [5.74, 6) is 0.121. The second-order valence-corrected chi connectivity index (χ2v) is 4.89. The number of halogens is 1. The van der Waals surface area contributed by atoms with E-state index in [1.54, 1.807) is 31.6 Å². The van der Waals surface area contributed by atoms with E-state index in [0.29, 0.717) is 11.5 Å². The van der Waals surface area contributed by atoms with Gasteiger partial charge in [0.1, 0.15) is 5.82 Å². The fourth-order valence-corrected chi connectivity index (χ4v) is 1.89. The van der Waals surface area contributed by atoms with Crippen LogP contribution in [0.4, 0.5) is 4.39 Å². The van der Waals surface area contributed by atoms with E-state index >= 15 is 0 Å². The van der Waals surface area contributed by atoms with Crippen LogP contribution in [0, 0.1) is 18.7 Å². The number of aromatic nitrogens is 2. The second-order valence-electron chi connectivity index (χ2n) is 4.89. The first-order chi connectivity index (χ1) is 8.50. The molecule has 0 radical (unpaired) electrons. The summed E-state index contributed by atoms with van der Waals surface area (Å²) in [6.45, 7) is 5.88. The third-order valence-electron chi connectivity index (χ3n) is 3.15.